The van der Waals surface area contributed by atoms with Crippen LogP contribution in [0.4, 0.5) is 5.82 Å². The van der Waals surface area contributed by atoms with Gasteiger partial charge in [-0.1, -0.05) is 19.6 Å². The zero-order chi connectivity index (χ0) is 16.8. The Kier molecular flexibility index (Phi) is 6.69. The van der Waals surface area contributed by atoms with Gasteiger partial charge in [-0.25, -0.2) is 4.79 Å². The molecule has 0 saturated heterocycles. The maximum Gasteiger partial charge on any atom is 0.448 e. The normalized spacial score (nSPS) is 11.3. The molecule has 0 atom stereocenters. The highest BCUT2D eigenvalue weighted by molar-refractivity contribution is 6.76. The highest BCUT2D eigenvalue weighted by Gasteiger charge is 2.31. The van der Waals surface area contributed by atoms with Gasteiger partial charge in [0, 0.05) is 14.7 Å². The lowest BCUT2D eigenvalue weighted by atomic mass is 10.3. The third kappa shape index (κ3) is 5.56. The average Bonchev–Trinajstić information content (AvgIpc) is 2.86. The van der Waals surface area contributed by atoms with Gasteiger partial charge in [0.2, 0.25) is 0 Å². The van der Waals surface area contributed by atoms with Crippen LogP contribution in [0.1, 0.15) is 17.3 Å². The van der Waals surface area contributed by atoms with Crippen molar-refractivity contribution in [3.63, 3.8) is 0 Å². The van der Waals surface area contributed by atoms with Crippen LogP contribution in [0.3, 0.4) is 0 Å². The van der Waals surface area contributed by atoms with E-state index in [1.54, 1.807) is 6.92 Å². The summed E-state index contributed by atoms with van der Waals surface area (Å²) in [4.78, 5) is 28.1. The van der Waals surface area contributed by atoms with Crippen molar-refractivity contribution in [1.29, 1.82) is 0 Å². The van der Waals surface area contributed by atoms with Gasteiger partial charge in [0.1, 0.15) is 7.11 Å². The summed E-state index contributed by atoms with van der Waals surface area (Å²) in [5, 5.41) is 4.01. The van der Waals surface area contributed by atoms with Crippen LogP contribution in [0.2, 0.25) is 25.7 Å². The quantitative estimate of drug-likeness (QED) is 0.299. The zero-order valence-electron chi connectivity index (χ0n) is 13.8. The van der Waals surface area contributed by atoms with Crippen LogP contribution < -0.4 is 0 Å². The Labute approximate surface area is 130 Å². The van der Waals surface area contributed by atoms with Crippen LogP contribution in [-0.2, 0) is 21.0 Å². The van der Waals surface area contributed by atoms with E-state index in [1.807, 2.05) is 0 Å². The number of nitrogens with zero attached hydrogens (tertiary/aromatic N) is 3. The molecule has 0 N–H and O–H groups in total. The molecule has 0 aliphatic heterocycles. The third-order valence-corrected chi connectivity index (χ3v) is 4.50. The molecule has 0 aliphatic rings. The molecule has 124 valence electrons. The minimum atomic E-state index is -1.16. The van der Waals surface area contributed by atoms with E-state index in [0.29, 0.717) is 6.61 Å². The molecule has 1 heterocycles. The highest BCUT2D eigenvalue weighted by Crippen LogP contribution is 2.18. The topological polar surface area (TPSA) is 82.7 Å². The van der Waals surface area contributed by atoms with Crippen LogP contribution in [0.5, 0.6) is 0 Å². The number of carbonyl (C=O) groups is 1. The summed E-state index contributed by atoms with van der Waals surface area (Å²) in [6, 6.07) is 1.03. The molecule has 1 aromatic rings. The fourth-order valence-electron chi connectivity index (χ4n) is 1.59. The average molecular weight is 330 g/mol. The van der Waals surface area contributed by atoms with E-state index < -0.39 is 14.0 Å². The van der Waals surface area contributed by atoms with E-state index in [9.17, 15) is 9.70 Å². The molecule has 22 heavy (non-hydrogen) atoms. The molecule has 1 rings (SSSR count). The molecule has 0 radical (unpaired) electrons. The maximum atomic E-state index is 11.8. The Bertz CT molecular complexity index is 524. The lowest BCUT2D eigenvalue weighted by Gasteiger charge is -2.14. The lowest BCUT2D eigenvalue weighted by molar-refractivity contribution is -0.739. The largest absolute Gasteiger partial charge is 0.462 e. The first kappa shape index (κ1) is 18.3. The molecule has 0 bridgehead atoms. The number of ether oxygens (including phenoxy) is 2. The molecule has 8 nitrogen and oxygen atoms in total. The fraction of sp³-hybridized carbons (Fsp3) is 0.692. The summed E-state index contributed by atoms with van der Waals surface area (Å²) >= 11 is 0. The number of carbonyl (C=O) groups excluding carboxylic acids is 1. The van der Waals surface area contributed by atoms with Gasteiger partial charge in [-0.05, 0) is 17.9 Å². The van der Waals surface area contributed by atoms with Crippen molar-refractivity contribution in [2.75, 3.05) is 20.3 Å². The van der Waals surface area contributed by atoms with Crippen LogP contribution >= 0.6 is 0 Å². The Hall–Kier alpha value is -1.74. The number of hydrogen-bond acceptors (Lipinski definition) is 6. The van der Waals surface area contributed by atoms with Gasteiger partial charge >= 0.3 is 11.8 Å². The Morgan fingerprint density at radius 3 is 2.64 bits per heavy atom. The molecule has 0 amide bonds. The number of aromatic nitrogens is 2. The molecular weight excluding hydrogens is 306 g/mol. The molecule has 0 aliphatic carbocycles. The van der Waals surface area contributed by atoms with Gasteiger partial charge in [0.25, 0.3) is 0 Å². The van der Waals surface area contributed by atoms with Crippen molar-refractivity contribution in [3.05, 3.63) is 16.7 Å². The second-order valence-electron chi connectivity index (χ2n) is 5.91. The van der Waals surface area contributed by atoms with E-state index >= 15 is 0 Å². The predicted molar refractivity (Wildman–Crippen MR) is 82.6 cm³/mol. The Morgan fingerprint density at radius 1 is 1.41 bits per heavy atom. The predicted octanol–water partition coefficient (Wildman–Crippen LogP) is 2.34. The number of hydrogen-bond donors (Lipinski definition) is 0. The van der Waals surface area contributed by atoms with Crippen molar-refractivity contribution in [3.8, 4) is 0 Å². The molecule has 9 heteroatoms. The van der Waals surface area contributed by atoms with Crippen molar-refractivity contribution in [1.82, 2.24) is 9.78 Å². The minimum Gasteiger partial charge on any atom is -0.462 e. The molecule has 0 fully saturated rings. The summed E-state index contributed by atoms with van der Waals surface area (Å²) in [5.41, 5.74) is 0.0486. The van der Waals surface area contributed by atoms with Gasteiger partial charge in [0.05, 0.1) is 17.9 Å². The molecule has 0 unspecified atom stereocenters. The van der Waals surface area contributed by atoms with E-state index in [2.05, 4.69) is 29.6 Å². The standard InChI is InChI=1S/C13H24N3O5Si/c1-6-21-13(17)11-9-15(14-12(11)16(18)19-2)10-20-7-8-22(3,4)5/h9H,6-8,10H2,1-5H3/q+1. The molecule has 0 spiro atoms. The van der Waals surface area contributed by atoms with Gasteiger partial charge in [-0.15, -0.1) is 0 Å². The number of esters is 1. The van der Waals surface area contributed by atoms with E-state index in [0.717, 1.165) is 6.04 Å². The highest BCUT2D eigenvalue weighted by atomic mass is 28.3. The van der Waals surface area contributed by atoms with Gasteiger partial charge < -0.3 is 14.3 Å². The van der Waals surface area contributed by atoms with Crippen LogP contribution in [-0.4, -0.2) is 49.1 Å². The SMILES string of the molecule is CCOC(=O)c1cn(COCC[Si](C)(C)C)nc1[N+](=O)OC. The Morgan fingerprint density at radius 2 is 2.09 bits per heavy atom. The molecule has 1 aromatic heterocycles. The number of rotatable bonds is 9. The van der Waals surface area contributed by atoms with Gasteiger partial charge in [-0.2, -0.15) is 4.68 Å². The Balaban J connectivity index is 2.76. The zero-order valence-corrected chi connectivity index (χ0v) is 14.8. The summed E-state index contributed by atoms with van der Waals surface area (Å²) in [5.74, 6) is -0.765. The molecule has 0 saturated carbocycles. The van der Waals surface area contributed by atoms with Crippen molar-refractivity contribution < 1.29 is 24.0 Å². The van der Waals surface area contributed by atoms with Crippen molar-refractivity contribution >= 4 is 19.9 Å². The minimum absolute atomic E-state index is 0.0486. The second-order valence-corrected chi connectivity index (χ2v) is 11.5. The van der Waals surface area contributed by atoms with Crippen molar-refractivity contribution in [2.45, 2.75) is 39.3 Å². The second kappa shape index (κ2) is 8.04. The molecular formula is C13H24N3O5Si+. The summed E-state index contributed by atoms with van der Waals surface area (Å²) in [7, 11) is 0.0394. The van der Waals surface area contributed by atoms with E-state index in [-0.39, 0.29) is 29.6 Å². The molecule has 0 aromatic carbocycles. The summed E-state index contributed by atoms with van der Waals surface area (Å²) < 4.78 is 11.8. The monoisotopic (exact) mass is 330 g/mol. The van der Waals surface area contributed by atoms with Gasteiger partial charge in [-0.3, -0.25) is 0 Å². The smallest absolute Gasteiger partial charge is 0.448 e. The van der Waals surface area contributed by atoms with E-state index in [4.69, 9.17) is 9.47 Å². The fourth-order valence-corrected chi connectivity index (χ4v) is 2.34. The third-order valence-electron chi connectivity index (χ3n) is 2.80. The van der Waals surface area contributed by atoms with Crippen LogP contribution in [0, 0.1) is 4.91 Å². The van der Waals surface area contributed by atoms with Crippen LogP contribution in [0.25, 0.3) is 0 Å². The maximum absolute atomic E-state index is 11.8. The summed E-state index contributed by atoms with van der Waals surface area (Å²) in [6.45, 7) is 9.45. The summed E-state index contributed by atoms with van der Waals surface area (Å²) in [6.07, 6.45) is 1.42. The first-order valence-electron chi connectivity index (χ1n) is 7.12. The van der Waals surface area contributed by atoms with Crippen LogP contribution in [0.15, 0.2) is 6.20 Å². The van der Waals surface area contributed by atoms with Gasteiger partial charge in [0.15, 0.2) is 17.2 Å². The van der Waals surface area contributed by atoms with E-state index in [1.165, 1.54) is 18.0 Å². The first-order valence-corrected chi connectivity index (χ1v) is 10.8. The first-order chi connectivity index (χ1) is 10.3. The lowest BCUT2D eigenvalue weighted by Crippen LogP contribution is -2.22. The van der Waals surface area contributed by atoms with Crippen molar-refractivity contribution in [2.24, 2.45) is 0 Å².